The molecular weight excluding hydrogens is 128 g/mol. The molecule has 1 unspecified atom stereocenters. The summed E-state index contributed by atoms with van der Waals surface area (Å²) >= 11 is 4.33. The van der Waals surface area contributed by atoms with Crippen molar-refractivity contribution in [3.63, 3.8) is 0 Å². The van der Waals surface area contributed by atoms with Crippen LogP contribution in [0.5, 0.6) is 0 Å². The Morgan fingerprint density at radius 3 is 2.11 bits per heavy atom. The summed E-state index contributed by atoms with van der Waals surface area (Å²) in [6.45, 7) is 3.93. The maximum absolute atomic E-state index is 4.33. The molecule has 1 heteroatoms. The lowest BCUT2D eigenvalue weighted by Gasteiger charge is -2.23. The van der Waals surface area contributed by atoms with Crippen molar-refractivity contribution < 1.29 is 0 Å². The second kappa shape index (κ2) is 3.50. The molecule has 1 radical (unpaired) electrons. The van der Waals surface area contributed by atoms with Crippen molar-refractivity contribution >= 4 is 12.6 Å². The molecule has 0 spiro atoms. The van der Waals surface area contributed by atoms with Gasteiger partial charge in [0.15, 0.2) is 0 Å². The molecule has 1 fully saturated rings. The van der Waals surface area contributed by atoms with Crippen LogP contribution in [0, 0.1) is 12.8 Å². The van der Waals surface area contributed by atoms with Gasteiger partial charge < -0.3 is 0 Å². The summed E-state index contributed by atoms with van der Waals surface area (Å²) < 4.78 is 0. The largest absolute Gasteiger partial charge is 0.176 e. The zero-order chi connectivity index (χ0) is 6.69. The van der Waals surface area contributed by atoms with Crippen LogP contribution in [0.25, 0.3) is 0 Å². The fraction of sp³-hybridized carbons (Fsp3) is 0.875. The Balaban J connectivity index is 2.23. The molecule has 0 nitrogen and oxygen atoms in total. The molecule has 1 saturated carbocycles. The van der Waals surface area contributed by atoms with Gasteiger partial charge in [0.1, 0.15) is 0 Å². The second-order valence-electron chi connectivity index (χ2n) is 2.97. The first kappa shape index (κ1) is 7.46. The van der Waals surface area contributed by atoms with Crippen molar-refractivity contribution in [2.75, 3.05) is 0 Å². The molecule has 0 heterocycles. The highest BCUT2D eigenvalue weighted by Gasteiger charge is 2.16. The zero-order valence-corrected chi connectivity index (χ0v) is 6.74. The number of thiol groups is 1. The normalized spacial score (nSPS) is 26.0. The molecule has 0 aromatic heterocycles. The van der Waals surface area contributed by atoms with E-state index in [1.807, 2.05) is 0 Å². The topological polar surface area (TPSA) is 0 Å². The first-order chi connectivity index (χ1) is 4.30. The van der Waals surface area contributed by atoms with Gasteiger partial charge in [-0.2, -0.15) is 12.6 Å². The molecule has 9 heavy (non-hydrogen) atoms. The van der Waals surface area contributed by atoms with Crippen LogP contribution in [-0.2, 0) is 0 Å². The third-order valence-corrected chi connectivity index (χ3v) is 2.62. The predicted molar refractivity (Wildman–Crippen MR) is 44.7 cm³/mol. The molecule has 1 atom stereocenters. The molecule has 0 N–H and O–H groups in total. The summed E-state index contributed by atoms with van der Waals surface area (Å²) in [5.74, 6) is 0.807. The average Bonchev–Trinajstić information content (AvgIpc) is 1.90. The van der Waals surface area contributed by atoms with E-state index < -0.39 is 0 Å². The maximum Gasteiger partial charge on any atom is 0.00454 e. The predicted octanol–water partition coefficient (Wildman–Crippen LogP) is 2.70. The van der Waals surface area contributed by atoms with Crippen molar-refractivity contribution in [2.45, 2.75) is 37.4 Å². The van der Waals surface area contributed by atoms with Crippen LogP contribution in [0.3, 0.4) is 0 Å². The van der Waals surface area contributed by atoms with Crippen LogP contribution < -0.4 is 0 Å². The molecule has 1 aliphatic rings. The Hall–Kier alpha value is 0.350. The van der Waals surface area contributed by atoms with Crippen LogP contribution in [0.1, 0.15) is 32.1 Å². The van der Waals surface area contributed by atoms with Gasteiger partial charge in [0.2, 0.25) is 0 Å². The van der Waals surface area contributed by atoms with Crippen molar-refractivity contribution in [1.82, 2.24) is 0 Å². The SMILES string of the molecule is [CH2]C(S)C1CCCCC1. The molecule has 1 rings (SSSR count). The molecular formula is C8H15S. The summed E-state index contributed by atoms with van der Waals surface area (Å²) in [6, 6.07) is 0. The van der Waals surface area contributed by atoms with Gasteiger partial charge in [0, 0.05) is 5.25 Å². The smallest absolute Gasteiger partial charge is 0.00454 e. The van der Waals surface area contributed by atoms with Crippen LogP contribution >= 0.6 is 12.6 Å². The van der Waals surface area contributed by atoms with E-state index in [-0.39, 0.29) is 0 Å². The minimum absolute atomic E-state index is 0.380. The highest BCUT2D eigenvalue weighted by molar-refractivity contribution is 7.81. The molecule has 1 aliphatic carbocycles. The standard InChI is InChI=1S/C8H15S/c1-7(9)8-5-3-2-4-6-8/h7-9H,1-6H2. The van der Waals surface area contributed by atoms with Gasteiger partial charge in [0.25, 0.3) is 0 Å². The van der Waals surface area contributed by atoms with Gasteiger partial charge in [0.05, 0.1) is 0 Å². The lowest BCUT2D eigenvalue weighted by atomic mass is 9.87. The second-order valence-corrected chi connectivity index (χ2v) is 3.63. The van der Waals surface area contributed by atoms with Gasteiger partial charge >= 0.3 is 0 Å². The minimum atomic E-state index is 0.380. The molecule has 0 aliphatic heterocycles. The summed E-state index contributed by atoms with van der Waals surface area (Å²) in [5.41, 5.74) is 0. The first-order valence-electron chi connectivity index (χ1n) is 3.82. The molecule has 0 aromatic rings. The quantitative estimate of drug-likeness (QED) is 0.536. The van der Waals surface area contributed by atoms with Crippen LogP contribution in [0.15, 0.2) is 0 Å². The highest BCUT2D eigenvalue weighted by atomic mass is 32.1. The van der Waals surface area contributed by atoms with Crippen LogP contribution in [0.4, 0.5) is 0 Å². The van der Waals surface area contributed by atoms with Gasteiger partial charge in [-0.05, 0) is 25.7 Å². The Kier molecular flexibility index (Phi) is 2.90. The van der Waals surface area contributed by atoms with Crippen molar-refractivity contribution in [1.29, 1.82) is 0 Å². The molecule has 0 aromatic carbocycles. The van der Waals surface area contributed by atoms with Gasteiger partial charge in [-0.15, -0.1) is 0 Å². The van der Waals surface area contributed by atoms with Gasteiger partial charge in [-0.25, -0.2) is 0 Å². The fourth-order valence-corrected chi connectivity index (χ4v) is 1.82. The number of rotatable bonds is 1. The zero-order valence-electron chi connectivity index (χ0n) is 5.84. The summed E-state index contributed by atoms with van der Waals surface area (Å²) in [6.07, 6.45) is 6.95. The Bertz CT molecular complexity index is 72.6. The lowest BCUT2D eigenvalue weighted by molar-refractivity contribution is 0.368. The monoisotopic (exact) mass is 143 g/mol. The lowest BCUT2D eigenvalue weighted by Crippen LogP contribution is -2.14. The molecule has 0 saturated heterocycles. The Morgan fingerprint density at radius 2 is 1.78 bits per heavy atom. The van der Waals surface area contributed by atoms with E-state index in [1.165, 1.54) is 32.1 Å². The van der Waals surface area contributed by atoms with Crippen molar-refractivity contribution in [3.8, 4) is 0 Å². The summed E-state index contributed by atoms with van der Waals surface area (Å²) in [5, 5.41) is 0.380. The van der Waals surface area contributed by atoms with Crippen molar-refractivity contribution in [3.05, 3.63) is 6.92 Å². The van der Waals surface area contributed by atoms with Crippen LogP contribution in [0.2, 0.25) is 0 Å². The summed E-state index contributed by atoms with van der Waals surface area (Å²) in [7, 11) is 0. The van der Waals surface area contributed by atoms with E-state index >= 15 is 0 Å². The average molecular weight is 143 g/mol. The number of hydrogen-bond acceptors (Lipinski definition) is 1. The van der Waals surface area contributed by atoms with Gasteiger partial charge in [-0.1, -0.05) is 19.3 Å². The van der Waals surface area contributed by atoms with E-state index in [4.69, 9.17) is 0 Å². The van der Waals surface area contributed by atoms with E-state index in [9.17, 15) is 0 Å². The number of hydrogen-bond donors (Lipinski definition) is 1. The van der Waals surface area contributed by atoms with Crippen LogP contribution in [-0.4, -0.2) is 5.25 Å². The summed E-state index contributed by atoms with van der Waals surface area (Å²) in [4.78, 5) is 0. The fourth-order valence-electron chi connectivity index (χ4n) is 1.52. The van der Waals surface area contributed by atoms with E-state index in [0.717, 1.165) is 5.92 Å². The highest BCUT2D eigenvalue weighted by Crippen LogP contribution is 2.28. The first-order valence-corrected chi connectivity index (χ1v) is 4.33. The third kappa shape index (κ3) is 2.21. The maximum atomic E-state index is 4.33. The molecule has 53 valence electrons. The van der Waals surface area contributed by atoms with Gasteiger partial charge in [-0.3, -0.25) is 0 Å². The Morgan fingerprint density at radius 1 is 1.22 bits per heavy atom. The van der Waals surface area contributed by atoms with E-state index in [2.05, 4.69) is 19.6 Å². The van der Waals surface area contributed by atoms with E-state index in [0.29, 0.717) is 5.25 Å². The molecule has 0 bridgehead atoms. The Labute approximate surface area is 63.4 Å². The van der Waals surface area contributed by atoms with E-state index in [1.54, 1.807) is 0 Å². The van der Waals surface area contributed by atoms with Crippen molar-refractivity contribution in [2.24, 2.45) is 5.92 Å². The minimum Gasteiger partial charge on any atom is -0.176 e. The molecule has 0 amide bonds. The third-order valence-electron chi connectivity index (χ3n) is 2.19.